The number of rotatable bonds is 10. The van der Waals surface area contributed by atoms with Gasteiger partial charge in [0.05, 0.1) is 11.3 Å². The van der Waals surface area contributed by atoms with E-state index in [-0.39, 0.29) is 5.82 Å². The van der Waals surface area contributed by atoms with Gasteiger partial charge in [0.25, 0.3) is 5.91 Å². The first-order valence-corrected chi connectivity index (χ1v) is 13.0. The van der Waals surface area contributed by atoms with Crippen molar-refractivity contribution in [1.82, 2.24) is 15.2 Å². The lowest BCUT2D eigenvalue weighted by Gasteiger charge is -2.32. The third-order valence-corrected chi connectivity index (χ3v) is 7.47. The number of amides is 1. The van der Waals surface area contributed by atoms with E-state index in [0.717, 1.165) is 45.4 Å². The molecule has 1 aliphatic carbocycles. The summed E-state index contributed by atoms with van der Waals surface area (Å²) in [7, 11) is 0. The molecule has 1 aromatic heterocycles. The lowest BCUT2D eigenvalue weighted by molar-refractivity contribution is 0.100. The van der Waals surface area contributed by atoms with E-state index < -0.39 is 5.91 Å². The second-order valence-electron chi connectivity index (χ2n) is 10.0. The predicted octanol–water partition coefficient (Wildman–Crippen LogP) is 3.81. The lowest BCUT2D eigenvalue weighted by atomic mass is 9.97. The van der Waals surface area contributed by atoms with Crippen molar-refractivity contribution in [1.29, 1.82) is 0 Å². The number of ether oxygens (including phenoxy) is 1. The average molecular weight is 504 g/mol. The maximum atomic E-state index is 13.1. The largest absolute Gasteiger partial charge is 0.476 e. The zero-order chi connectivity index (χ0) is 25.8. The van der Waals surface area contributed by atoms with Crippen molar-refractivity contribution in [3.05, 3.63) is 77.6 Å². The smallest absolute Gasteiger partial charge is 0.250 e. The maximum absolute atomic E-state index is 13.1. The standard InChI is InChI=1S/C29H34FN5O2/c30-21-7-5-20(6-8-21)24-17-26(24)33-18-19-11-13-35(14-12-19)15-16-37-27-10-9-23(29(32)36)28(34-27)22-3-1-2-4-25(22)31/h1-10,19,24,26,33H,11-18,31H2,(H2,32,36). The average Bonchev–Trinajstić information content (AvgIpc) is 3.68. The molecule has 1 saturated heterocycles. The summed E-state index contributed by atoms with van der Waals surface area (Å²) >= 11 is 0. The van der Waals surface area contributed by atoms with Crippen LogP contribution in [0.25, 0.3) is 11.3 Å². The van der Waals surface area contributed by atoms with E-state index >= 15 is 0 Å². The quantitative estimate of drug-likeness (QED) is 0.364. The molecule has 5 rings (SSSR count). The molecule has 2 fully saturated rings. The Morgan fingerprint density at radius 2 is 1.84 bits per heavy atom. The number of likely N-dealkylation sites (tertiary alicyclic amines) is 1. The number of hydrogen-bond acceptors (Lipinski definition) is 6. The van der Waals surface area contributed by atoms with Crippen molar-refractivity contribution in [2.24, 2.45) is 11.7 Å². The van der Waals surface area contributed by atoms with Crippen molar-refractivity contribution in [2.75, 3.05) is 38.5 Å². The first-order valence-electron chi connectivity index (χ1n) is 13.0. The summed E-state index contributed by atoms with van der Waals surface area (Å²) in [5, 5.41) is 3.72. The minimum Gasteiger partial charge on any atom is -0.476 e. The highest BCUT2D eigenvalue weighted by molar-refractivity contribution is 6.00. The van der Waals surface area contributed by atoms with Gasteiger partial charge in [-0.3, -0.25) is 9.69 Å². The molecule has 8 heteroatoms. The van der Waals surface area contributed by atoms with E-state index in [9.17, 15) is 9.18 Å². The van der Waals surface area contributed by atoms with Crippen LogP contribution in [-0.2, 0) is 0 Å². The minimum absolute atomic E-state index is 0.176. The van der Waals surface area contributed by atoms with Gasteiger partial charge in [0.2, 0.25) is 5.88 Å². The number of para-hydroxylation sites is 1. The Labute approximate surface area is 217 Å². The number of anilines is 1. The first-order chi connectivity index (χ1) is 18.0. The molecule has 37 heavy (non-hydrogen) atoms. The van der Waals surface area contributed by atoms with Crippen molar-refractivity contribution < 1.29 is 13.9 Å². The summed E-state index contributed by atoms with van der Waals surface area (Å²) in [6.07, 6.45) is 3.45. The van der Waals surface area contributed by atoms with Crippen LogP contribution in [-0.4, -0.2) is 54.6 Å². The number of primary amides is 1. The third kappa shape index (κ3) is 6.26. The fourth-order valence-electron chi connectivity index (χ4n) is 5.15. The molecule has 3 aromatic rings. The summed E-state index contributed by atoms with van der Waals surface area (Å²) < 4.78 is 19.1. The van der Waals surface area contributed by atoms with Crippen molar-refractivity contribution in [3.63, 3.8) is 0 Å². The van der Waals surface area contributed by atoms with Gasteiger partial charge in [-0.15, -0.1) is 0 Å². The zero-order valence-corrected chi connectivity index (χ0v) is 20.9. The molecule has 7 nitrogen and oxygen atoms in total. The topological polar surface area (TPSA) is 106 Å². The molecule has 2 aliphatic rings. The number of piperidine rings is 1. The third-order valence-electron chi connectivity index (χ3n) is 7.47. The van der Waals surface area contributed by atoms with Gasteiger partial charge in [-0.2, -0.15) is 0 Å². The van der Waals surface area contributed by atoms with Gasteiger partial charge in [-0.1, -0.05) is 30.3 Å². The fraction of sp³-hybridized carbons (Fsp3) is 0.379. The Morgan fingerprint density at radius 3 is 2.57 bits per heavy atom. The minimum atomic E-state index is -0.553. The number of carbonyl (C=O) groups is 1. The highest BCUT2D eigenvalue weighted by Gasteiger charge is 2.38. The number of carbonyl (C=O) groups excluding carboxylic acids is 1. The van der Waals surface area contributed by atoms with Gasteiger partial charge in [-0.25, -0.2) is 9.37 Å². The maximum Gasteiger partial charge on any atom is 0.250 e. The second kappa shape index (κ2) is 11.3. The monoisotopic (exact) mass is 503 g/mol. The van der Waals surface area contributed by atoms with Gasteiger partial charge in [0, 0.05) is 35.8 Å². The lowest BCUT2D eigenvalue weighted by Crippen LogP contribution is -2.39. The summed E-state index contributed by atoms with van der Waals surface area (Å²) in [6.45, 7) is 4.45. The molecule has 5 N–H and O–H groups in total. The second-order valence-corrected chi connectivity index (χ2v) is 10.0. The van der Waals surface area contributed by atoms with Gasteiger partial charge < -0.3 is 21.5 Å². The highest BCUT2D eigenvalue weighted by atomic mass is 19.1. The molecule has 0 bridgehead atoms. The number of nitrogens with two attached hydrogens (primary N) is 2. The van der Waals surface area contributed by atoms with Gasteiger partial charge >= 0.3 is 0 Å². The number of halogens is 1. The molecular formula is C29H34FN5O2. The molecule has 1 aliphatic heterocycles. The van der Waals surface area contributed by atoms with Crippen molar-refractivity contribution in [3.8, 4) is 17.1 Å². The number of nitrogens with one attached hydrogen (secondary N) is 1. The molecule has 1 saturated carbocycles. The van der Waals surface area contributed by atoms with E-state index in [0.29, 0.717) is 52.9 Å². The molecule has 0 radical (unpaired) electrons. The van der Waals surface area contributed by atoms with E-state index in [1.165, 1.54) is 5.56 Å². The van der Waals surface area contributed by atoms with Crippen LogP contribution in [0.3, 0.4) is 0 Å². The Bertz CT molecular complexity index is 1230. The molecule has 2 heterocycles. The van der Waals surface area contributed by atoms with Crippen LogP contribution in [0.5, 0.6) is 5.88 Å². The Hall–Kier alpha value is -3.49. The molecule has 1 amide bonds. The number of benzene rings is 2. The van der Waals surface area contributed by atoms with Crippen LogP contribution in [0.2, 0.25) is 0 Å². The Balaban J connectivity index is 1.05. The van der Waals surface area contributed by atoms with E-state index in [1.807, 2.05) is 30.3 Å². The van der Waals surface area contributed by atoms with Crippen molar-refractivity contribution >= 4 is 11.6 Å². The predicted molar refractivity (Wildman–Crippen MR) is 143 cm³/mol. The van der Waals surface area contributed by atoms with Crippen LogP contribution in [0, 0.1) is 11.7 Å². The van der Waals surface area contributed by atoms with Crippen LogP contribution < -0.4 is 21.5 Å². The van der Waals surface area contributed by atoms with E-state index in [2.05, 4.69) is 15.2 Å². The normalized spacial score (nSPS) is 20.0. The van der Waals surface area contributed by atoms with Crippen LogP contribution in [0.4, 0.5) is 10.1 Å². The van der Waals surface area contributed by atoms with Crippen molar-refractivity contribution in [2.45, 2.75) is 31.2 Å². The summed E-state index contributed by atoms with van der Waals surface area (Å²) in [5.74, 6) is 0.908. The van der Waals surface area contributed by atoms with Crippen LogP contribution >= 0.6 is 0 Å². The number of nitrogen functional groups attached to an aromatic ring is 1. The zero-order valence-electron chi connectivity index (χ0n) is 20.9. The summed E-state index contributed by atoms with van der Waals surface area (Å²) in [5.41, 5.74) is 14.8. The molecule has 2 atom stereocenters. The van der Waals surface area contributed by atoms with E-state index in [1.54, 1.807) is 30.3 Å². The number of pyridine rings is 1. The SMILES string of the molecule is NC(=O)c1ccc(OCCN2CCC(CNC3CC3c3ccc(F)cc3)CC2)nc1-c1ccccc1N. The first kappa shape index (κ1) is 25.2. The summed E-state index contributed by atoms with van der Waals surface area (Å²) in [6, 6.07) is 18.0. The number of nitrogens with zero attached hydrogens (tertiary/aromatic N) is 2. The molecule has 2 unspecified atom stereocenters. The Morgan fingerprint density at radius 1 is 1.08 bits per heavy atom. The van der Waals surface area contributed by atoms with Crippen LogP contribution in [0.15, 0.2) is 60.7 Å². The van der Waals surface area contributed by atoms with Gasteiger partial charge in [-0.05, 0) is 74.6 Å². The van der Waals surface area contributed by atoms with E-state index in [4.69, 9.17) is 16.2 Å². The number of aromatic nitrogens is 1. The fourth-order valence-corrected chi connectivity index (χ4v) is 5.15. The molecular weight excluding hydrogens is 469 g/mol. The molecule has 194 valence electrons. The van der Waals surface area contributed by atoms with Gasteiger partial charge in [0.1, 0.15) is 12.4 Å². The number of hydrogen-bond donors (Lipinski definition) is 3. The molecule has 2 aromatic carbocycles. The highest BCUT2D eigenvalue weighted by Crippen LogP contribution is 2.41. The van der Waals surface area contributed by atoms with Crippen LogP contribution in [0.1, 0.15) is 41.1 Å². The Kier molecular flexibility index (Phi) is 7.67. The molecule has 0 spiro atoms. The summed E-state index contributed by atoms with van der Waals surface area (Å²) in [4.78, 5) is 18.9. The van der Waals surface area contributed by atoms with Gasteiger partial charge in [0.15, 0.2) is 0 Å².